The van der Waals surface area contributed by atoms with E-state index in [1.54, 1.807) is 0 Å². The van der Waals surface area contributed by atoms with Crippen molar-refractivity contribution in [2.75, 3.05) is 6.54 Å². The van der Waals surface area contributed by atoms with E-state index in [-0.39, 0.29) is 13.0 Å². The van der Waals surface area contributed by atoms with Crippen molar-refractivity contribution in [3.63, 3.8) is 0 Å². The Labute approximate surface area is 114 Å². The molecule has 4 nitrogen and oxygen atoms in total. The van der Waals surface area contributed by atoms with Crippen LogP contribution in [0.25, 0.3) is 0 Å². The largest absolute Gasteiger partial charge is 0.481 e. The molecule has 2 aliphatic rings. The van der Waals surface area contributed by atoms with Gasteiger partial charge in [0.25, 0.3) is 0 Å². The molecule has 0 aromatic carbocycles. The van der Waals surface area contributed by atoms with E-state index < -0.39 is 29.5 Å². The number of amides is 1. The van der Waals surface area contributed by atoms with Gasteiger partial charge in [0.2, 0.25) is 0 Å². The van der Waals surface area contributed by atoms with Crippen molar-refractivity contribution < 1.29 is 27.9 Å². The summed E-state index contributed by atoms with van der Waals surface area (Å²) in [6.07, 6.45) is -1.40. The van der Waals surface area contributed by atoms with Gasteiger partial charge in [0.1, 0.15) is 0 Å². The van der Waals surface area contributed by atoms with E-state index in [9.17, 15) is 22.8 Å². The number of alkyl halides is 3. The molecule has 2 rings (SSSR count). The Bertz CT molecular complexity index is 406. The lowest BCUT2D eigenvalue weighted by Crippen LogP contribution is -2.59. The average molecular weight is 293 g/mol. The van der Waals surface area contributed by atoms with Gasteiger partial charge in [-0.3, -0.25) is 9.59 Å². The number of nitrogens with zero attached hydrogens (tertiary/aromatic N) is 1. The van der Waals surface area contributed by atoms with E-state index in [0.29, 0.717) is 25.7 Å². The lowest BCUT2D eigenvalue weighted by atomic mass is 9.63. The Hall–Kier alpha value is -1.27. The van der Waals surface area contributed by atoms with Crippen molar-refractivity contribution >= 4 is 11.9 Å². The molecule has 0 radical (unpaired) electrons. The molecule has 1 aliphatic heterocycles. The second-order valence-electron chi connectivity index (χ2n) is 5.79. The van der Waals surface area contributed by atoms with Gasteiger partial charge in [0, 0.05) is 18.0 Å². The minimum Gasteiger partial charge on any atom is -0.481 e. The van der Waals surface area contributed by atoms with Gasteiger partial charge >= 0.3 is 18.1 Å². The molecule has 2 fully saturated rings. The van der Waals surface area contributed by atoms with Crippen molar-refractivity contribution in [1.82, 2.24) is 4.90 Å². The highest BCUT2D eigenvalue weighted by Gasteiger charge is 2.53. The van der Waals surface area contributed by atoms with Crippen molar-refractivity contribution in [2.45, 2.75) is 57.2 Å². The summed E-state index contributed by atoms with van der Waals surface area (Å²) in [7, 11) is 0. The van der Waals surface area contributed by atoms with Crippen LogP contribution in [0.15, 0.2) is 0 Å². The molecular formula is C13H18F3NO3. The van der Waals surface area contributed by atoms with Crippen LogP contribution in [-0.2, 0) is 9.59 Å². The lowest BCUT2D eigenvalue weighted by Gasteiger charge is -2.52. The number of likely N-dealkylation sites (tertiary alicyclic amines) is 1. The molecule has 0 aromatic rings. The molecule has 0 spiro atoms. The Kier molecular flexibility index (Phi) is 3.97. The number of aliphatic carboxylic acids is 1. The molecule has 1 saturated heterocycles. The zero-order valence-electron chi connectivity index (χ0n) is 11.1. The highest BCUT2D eigenvalue weighted by molar-refractivity contribution is 5.82. The van der Waals surface area contributed by atoms with Crippen molar-refractivity contribution in [3.8, 4) is 0 Å². The molecule has 1 saturated carbocycles. The third kappa shape index (κ3) is 2.76. The molecule has 1 heterocycles. The standard InChI is InChI=1S/C13H18F3NO3/c14-13(15,16)11(20)17-7-3-6-12(8-10(18)19)5-2-1-4-9(12)17/h9H,1-8H2,(H,18,19)/t9-,12+/m0/s1. The number of hydrogen-bond acceptors (Lipinski definition) is 2. The monoisotopic (exact) mass is 293 g/mol. The topological polar surface area (TPSA) is 57.6 Å². The van der Waals surface area contributed by atoms with Crippen LogP contribution in [0.5, 0.6) is 0 Å². The van der Waals surface area contributed by atoms with Crippen molar-refractivity contribution in [2.24, 2.45) is 5.41 Å². The summed E-state index contributed by atoms with van der Waals surface area (Å²) in [4.78, 5) is 23.5. The number of hydrogen-bond donors (Lipinski definition) is 1. The fourth-order valence-corrected chi connectivity index (χ4v) is 3.82. The van der Waals surface area contributed by atoms with E-state index in [4.69, 9.17) is 5.11 Å². The molecule has 20 heavy (non-hydrogen) atoms. The van der Waals surface area contributed by atoms with Gasteiger partial charge < -0.3 is 10.0 Å². The molecule has 0 aromatic heterocycles. The molecule has 0 bridgehead atoms. The average Bonchev–Trinajstić information content (AvgIpc) is 2.34. The minimum absolute atomic E-state index is 0.0738. The summed E-state index contributed by atoms with van der Waals surface area (Å²) in [6, 6.07) is -0.588. The number of carbonyl (C=O) groups excluding carboxylic acids is 1. The molecule has 1 amide bonds. The number of piperidine rings is 1. The zero-order chi connectivity index (χ0) is 15.0. The van der Waals surface area contributed by atoms with Crippen LogP contribution in [0, 0.1) is 5.41 Å². The zero-order valence-corrected chi connectivity index (χ0v) is 11.1. The summed E-state index contributed by atoms with van der Waals surface area (Å²) in [5, 5.41) is 9.06. The van der Waals surface area contributed by atoms with Crippen LogP contribution < -0.4 is 0 Å². The van der Waals surface area contributed by atoms with Crippen LogP contribution in [0.3, 0.4) is 0 Å². The van der Waals surface area contributed by atoms with Gasteiger partial charge in [-0.1, -0.05) is 12.8 Å². The maximum absolute atomic E-state index is 12.7. The normalized spacial score (nSPS) is 30.8. The van der Waals surface area contributed by atoms with Crippen molar-refractivity contribution in [1.29, 1.82) is 0 Å². The summed E-state index contributed by atoms with van der Waals surface area (Å²) in [5.74, 6) is -2.82. The van der Waals surface area contributed by atoms with Crippen molar-refractivity contribution in [3.05, 3.63) is 0 Å². The first-order valence-electron chi connectivity index (χ1n) is 6.86. The molecule has 2 atom stereocenters. The first kappa shape index (κ1) is 15.1. The predicted molar refractivity (Wildman–Crippen MR) is 63.9 cm³/mol. The third-order valence-electron chi connectivity index (χ3n) is 4.57. The number of rotatable bonds is 2. The minimum atomic E-state index is -4.89. The second-order valence-corrected chi connectivity index (χ2v) is 5.79. The summed E-state index contributed by atoms with van der Waals surface area (Å²) >= 11 is 0. The van der Waals surface area contributed by atoms with Crippen LogP contribution >= 0.6 is 0 Å². The number of carbonyl (C=O) groups is 2. The smallest absolute Gasteiger partial charge is 0.471 e. The van der Waals surface area contributed by atoms with Gasteiger partial charge in [-0.05, 0) is 25.7 Å². The van der Waals surface area contributed by atoms with E-state index in [1.165, 1.54) is 0 Å². The first-order chi connectivity index (χ1) is 9.26. The van der Waals surface area contributed by atoms with Gasteiger partial charge in [0.05, 0.1) is 6.42 Å². The fourth-order valence-electron chi connectivity index (χ4n) is 3.82. The predicted octanol–water partition coefficient (Wildman–Crippen LogP) is 2.57. The second kappa shape index (κ2) is 5.26. The number of carboxylic acids is 1. The van der Waals surface area contributed by atoms with E-state index >= 15 is 0 Å². The van der Waals surface area contributed by atoms with Crippen LogP contribution in [0.2, 0.25) is 0 Å². The molecule has 0 unspecified atom stereocenters. The molecule has 1 N–H and O–H groups in total. The Balaban J connectivity index is 2.27. The number of carboxylic acid groups (broad SMARTS) is 1. The van der Waals surface area contributed by atoms with E-state index in [2.05, 4.69) is 0 Å². The Morgan fingerprint density at radius 3 is 2.45 bits per heavy atom. The first-order valence-corrected chi connectivity index (χ1v) is 6.86. The van der Waals surface area contributed by atoms with Gasteiger partial charge in [-0.2, -0.15) is 13.2 Å². The van der Waals surface area contributed by atoms with Crippen LogP contribution in [0.4, 0.5) is 13.2 Å². The summed E-state index contributed by atoms with van der Waals surface area (Å²) < 4.78 is 38.0. The number of halogens is 3. The van der Waals surface area contributed by atoms with Gasteiger partial charge in [-0.25, -0.2) is 0 Å². The summed E-state index contributed by atoms with van der Waals surface area (Å²) in [6.45, 7) is 0.0738. The van der Waals surface area contributed by atoms with E-state index in [1.807, 2.05) is 0 Å². The maximum atomic E-state index is 12.7. The van der Waals surface area contributed by atoms with Crippen LogP contribution in [0.1, 0.15) is 44.9 Å². The highest BCUT2D eigenvalue weighted by atomic mass is 19.4. The maximum Gasteiger partial charge on any atom is 0.471 e. The quantitative estimate of drug-likeness (QED) is 0.851. The van der Waals surface area contributed by atoms with Gasteiger partial charge in [-0.15, -0.1) is 0 Å². The molecule has 7 heteroatoms. The molecule has 114 valence electrons. The van der Waals surface area contributed by atoms with E-state index in [0.717, 1.165) is 17.7 Å². The Morgan fingerprint density at radius 1 is 1.20 bits per heavy atom. The number of fused-ring (bicyclic) bond motifs is 1. The Morgan fingerprint density at radius 2 is 1.85 bits per heavy atom. The SMILES string of the molecule is O=C(O)C[C@]12CCCC[C@@H]1N(C(=O)C(F)(F)F)CCC2. The van der Waals surface area contributed by atoms with Gasteiger partial charge in [0.15, 0.2) is 0 Å². The lowest BCUT2D eigenvalue weighted by molar-refractivity contribution is -0.195. The molecular weight excluding hydrogens is 275 g/mol. The molecule has 1 aliphatic carbocycles. The fraction of sp³-hybridized carbons (Fsp3) is 0.846. The highest BCUT2D eigenvalue weighted by Crippen LogP contribution is 2.49. The summed E-state index contributed by atoms with van der Waals surface area (Å²) in [5.41, 5.74) is -0.677. The third-order valence-corrected chi connectivity index (χ3v) is 4.57. The van der Waals surface area contributed by atoms with Crippen LogP contribution in [-0.4, -0.2) is 40.6 Å².